The molecule has 8 heteroatoms. The van der Waals surface area contributed by atoms with E-state index in [9.17, 15) is 4.79 Å². The van der Waals surface area contributed by atoms with Gasteiger partial charge in [-0.3, -0.25) is 0 Å². The van der Waals surface area contributed by atoms with E-state index in [0.717, 1.165) is 50.5 Å². The molecule has 29 heavy (non-hydrogen) atoms. The molecular formula is C21H28N4O4. The molecule has 0 aliphatic carbocycles. The molecule has 156 valence electrons. The normalized spacial score (nSPS) is 17.8. The third-order valence-corrected chi connectivity index (χ3v) is 5.58. The van der Waals surface area contributed by atoms with Gasteiger partial charge in [0.2, 0.25) is 11.7 Å². The van der Waals surface area contributed by atoms with Crippen LogP contribution in [0.1, 0.15) is 38.5 Å². The van der Waals surface area contributed by atoms with Crippen LogP contribution in [0.2, 0.25) is 0 Å². The van der Waals surface area contributed by atoms with Gasteiger partial charge in [0.25, 0.3) is 0 Å². The Balaban J connectivity index is 1.30. The second-order valence-corrected chi connectivity index (χ2v) is 7.47. The van der Waals surface area contributed by atoms with Crippen LogP contribution >= 0.6 is 0 Å². The quantitative estimate of drug-likeness (QED) is 0.741. The fraction of sp³-hybridized carbons (Fsp3) is 0.571. The minimum atomic E-state index is 0.0330. The molecule has 3 heterocycles. The van der Waals surface area contributed by atoms with Crippen LogP contribution in [0.3, 0.4) is 0 Å². The maximum Gasteiger partial charge on any atom is 0.320 e. The Morgan fingerprint density at radius 1 is 1.17 bits per heavy atom. The number of likely N-dealkylation sites (tertiary alicyclic amines) is 1. The van der Waals surface area contributed by atoms with E-state index in [1.165, 1.54) is 0 Å². The summed E-state index contributed by atoms with van der Waals surface area (Å²) in [5, 5.41) is 4.12. The topological polar surface area (TPSA) is 80.9 Å². The fourth-order valence-electron chi connectivity index (χ4n) is 3.70. The van der Waals surface area contributed by atoms with Crippen LogP contribution in [-0.2, 0) is 4.74 Å². The number of hydrogen-bond acceptors (Lipinski definition) is 6. The largest absolute Gasteiger partial charge is 0.487 e. The van der Waals surface area contributed by atoms with E-state index in [2.05, 4.69) is 10.1 Å². The van der Waals surface area contributed by atoms with Gasteiger partial charge in [-0.15, -0.1) is 0 Å². The van der Waals surface area contributed by atoms with Crippen molar-refractivity contribution in [1.29, 1.82) is 0 Å². The molecule has 2 fully saturated rings. The Labute approximate surface area is 170 Å². The van der Waals surface area contributed by atoms with Crippen LogP contribution in [-0.4, -0.2) is 71.5 Å². The number of carbonyl (C=O) groups is 1. The third-order valence-electron chi connectivity index (χ3n) is 5.58. The highest BCUT2D eigenvalue weighted by molar-refractivity contribution is 5.75. The number of urea groups is 1. The summed E-state index contributed by atoms with van der Waals surface area (Å²) in [4.78, 5) is 20.5. The molecule has 2 aliphatic rings. The lowest BCUT2D eigenvalue weighted by Crippen LogP contribution is -2.59. The molecular weight excluding hydrogens is 372 g/mol. The van der Waals surface area contributed by atoms with Gasteiger partial charge in [0.05, 0.1) is 13.1 Å². The molecule has 0 radical (unpaired) electrons. The maximum atomic E-state index is 12.3. The fourth-order valence-corrected chi connectivity index (χ4v) is 3.70. The minimum Gasteiger partial charge on any atom is -0.487 e. The zero-order valence-corrected chi connectivity index (χ0v) is 17.0. The van der Waals surface area contributed by atoms with Crippen molar-refractivity contribution in [2.45, 2.75) is 38.7 Å². The first-order chi connectivity index (χ1) is 14.2. The summed E-state index contributed by atoms with van der Waals surface area (Å²) in [6.07, 6.45) is 1.87. The molecule has 2 aliphatic heterocycles. The molecule has 8 nitrogen and oxygen atoms in total. The lowest BCUT2D eigenvalue weighted by molar-refractivity contribution is 0.0319. The number of ether oxygens (including phenoxy) is 2. The first kappa shape index (κ1) is 19.7. The smallest absolute Gasteiger partial charge is 0.320 e. The summed E-state index contributed by atoms with van der Waals surface area (Å²) in [5.41, 5.74) is 0.895. The number of rotatable bonds is 6. The highest BCUT2D eigenvalue weighted by Crippen LogP contribution is 2.28. The predicted molar refractivity (Wildman–Crippen MR) is 107 cm³/mol. The van der Waals surface area contributed by atoms with Crippen molar-refractivity contribution in [3.05, 3.63) is 30.2 Å². The third kappa shape index (κ3) is 4.37. The number of aromatic nitrogens is 2. The van der Waals surface area contributed by atoms with Gasteiger partial charge in [0.15, 0.2) is 0 Å². The number of nitrogens with zero attached hydrogens (tertiary/aromatic N) is 4. The van der Waals surface area contributed by atoms with Crippen molar-refractivity contribution >= 4 is 6.03 Å². The average molecular weight is 400 g/mol. The van der Waals surface area contributed by atoms with Gasteiger partial charge in [0.1, 0.15) is 11.9 Å². The summed E-state index contributed by atoms with van der Waals surface area (Å²) >= 11 is 0. The van der Waals surface area contributed by atoms with Gasteiger partial charge in [-0.2, -0.15) is 4.98 Å². The van der Waals surface area contributed by atoms with E-state index < -0.39 is 0 Å². The number of benzene rings is 1. The van der Waals surface area contributed by atoms with Crippen molar-refractivity contribution in [3.63, 3.8) is 0 Å². The number of hydrogen-bond donors (Lipinski definition) is 0. The van der Waals surface area contributed by atoms with E-state index in [4.69, 9.17) is 14.0 Å². The van der Waals surface area contributed by atoms with Crippen LogP contribution in [0.4, 0.5) is 4.79 Å². The monoisotopic (exact) mass is 400 g/mol. The molecule has 0 spiro atoms. The zero-order chi connectivity index (χ0) is 20.2. The highest BCUT2D eigenvalue weighted by atomic mass is 16.5. The summed E-state index contributed by atoms with van der Waals surface area (Å²) in [6.45, 7) is 8.17. The van der Waals surface area contributed by atoms with Gasteiger partial charge >= 0.3 is 6.03 Å². The standard InChI is InChI=1S/C21H28N4O4/c1-3-24(4-2)21(26)25-13-18(14-25)28-17-7-5-15(6-8-17)19-22-20(29-23-19)16-9-11-27-12-10-16/h5-8,16,18H,3-4,9-14H2,1-2H3. The Bertz CT molecular complexity index is 806. The summed E-state index contributed by atoms with van der Waals surface area (Å²) in [6, 6.07) is 7.78. The summed E-state index contributed by atoms with van der Waals surface area (Å²) in [5.74, 6) is 2.35. The molecule has 0 bridgehead atoms. The minimum absolute atomic E-state index is 0.0330. The van der Waals surface area contributed by atoms with E-state index >= 15 is 0 Å². The summed E-state index contributed by atoms with van der Waals surface area (Å²) < 4.78 is 16.8. The number of carbonyl (C=O) groups excluding carboxylic acids is 1. The molecule has 0 unspecified atom stereocenters. The zero-order valence-electron chi connectivity index (χ0n) is 17.0. The molecule has 0 saturated carbocycles. The van der Waals surface area contributed by atoms with Crippen molar-refractivity contribution < 1.29 is 18.8 Å². The second kappa shape index (κ2) is 8.82. The Hall–Kier alpha value is -2.61. The van der Waals surface area contributed by atoms with E-state index in [1.807, 2.05) is 47.9 Å². The molecule has 0 atom stereocenters. The van der Waals surface area contributed by atoms with Crippen LogP contribution in [0.15, 0.2) is 28.8 Å². The van der Waals surface area contributed by atoms with Gasteiger partial charge in [-0.25, -0.2) is 4.79 Å². The molecule has 1 aromatic carbocycles. The maximum absolute atomic E-state index is 12.3. The van der Waals surface area contributed by atoms with Crippen LogP contribution in [0.25, 0.3) is 11.4 Å². The summed E-state index contributed by atoms with van der Waals surface area (Å²) in [7, 11) is 0. The number of amides is 2. The Morgan fingerprint density at radius 3 is 2.52 bits per heavy atom. The molecule has 4 rings (SSSR count). The highest BCUT2D eigenvalue weighted by Gasteiger charge is 2.34. The van der Waals surface area contributed by atoms with Crippen molar-refractivity contribution in [1.82, 2.24) is 19.9 Å². The SMILES string of the molecule is CCN(CC)C(=O)N1CC(Oc2ccc(-c3noc(C4CCOCC4)n3)cc2)C1. The Kier molecular flexibility index (Phi) is 5.99. The van der Waals surface area contributed by atoms with Gasteiger partial charge in [-0.1, -0.05) is 5.16 Å². The van der Waals surface area contributed by atoms with E-state index in [-0.39, 0.29) is 18.1 Å². The molecule has 2 aromatic rings. The lowest BCUT2D eigenvalue weighted by Gasteiger charge is -2.41. The lowest BCUT2D eigenvalue weighted by atomic mass is 10.0. The van der Waals surface area contributed by atoms with Gasteiger partial charge in [0, 0.05) is 37.8 Å². The molecule has 2 amide bonds. The van der Waals surface area contributed by atoms with Gasteiger partial charge in [-0.05, 0) is 51.0 Å². The predicted octanol–water partition coefficient (Wildman–Crippen LogP) is 3.16. The molecule has 2 saturated heterocycles. The van der Waals surface area contributed by atoms with E-state index in [1.54, 1.807) is 0 Å². The van der Waals surface area contributed by atoms with Crippen LogP contribution in [0, 0.1) is 0 Å². The van der Waals surface area contributed by atoms with Crippen molar-refractivity contribution in [3.8, 4) is 17.1 Å². The second-order valence-electron chi connectivity index (χ2n) is 7.47. The molecule has 0 N–H and O–H groups in total. The molecule has 1 aromatic heterocycles. The van der Waals surface area contributed by atoms with Crippen molar-refractivity contribution in [2.75, 3.05) is 39.4 Å². The van der Waals surface area contributed by atoms with E-state index in [0.29, 0.717) is 24.8 Å². The van der Waals surface area contributed by atoms with Crippen LogP contribution in [0.5, 0.6) is 5.75 Å². The average Bonchev–Trinajstić information content (AvgIpc) is 3.22. The van der Waals surface area contributed by atoms with Crippen molar-refractivity contribution in [2.24, 2.45) is 0 Å². The first-order valence-electron chi connectivity index (χ1n) is 10.4. The first-order valence-corrected chi connectivity index (χ1v) is 10.4. The van der Waals surface area contributed by atoms with Gasteiger partial charge < -0.3 is 23.8 Å². The Morgan fingerprint density at radius 2 is 1.86 bits per heavy atom. The van der Waals surface area contributed by atoms with Crippen LogP contribution < -0.4 is 4.74 Å².